The van der Waals surface area contributed by atoms with Crippen molar-refractivity contribution in [3.8, 4) is 16.9 Å². The smallest absolute Gasteiger partial charge is 0.310 e. The summed E-state index contributed by atoms with van der Waals surface area (Å²) < 4.78 is 13.2. The standard InChI is InChI=1S/C22H23BrClNO3S/c1-6-27-18(26)11-15-12(2)9-16-20(29-21(23)25-16)19(15)14-8-7-13(24)10-17(14)28-22(3,4)5/h7-10H,6,11H2,1-5H3. The van der Waals surface area contributed by atoms with E-state index in [1.54, 1.807) is 0 Å². The summed E-state index contributed by atoms with van der Waals surface area (Å²) in [7, 11) is 0. The maximum atomic E-state index is 12.4. The molecule has 4 nitrogen and oxygen atoms in total. The van der Waals surface area contributed by atoms with Gasteiger partial charge in [0.25, 0.3) is 0 Å². The molecule has 0 saturated carbocycles. The number of aryl methyl sites for hydroxylation is 1. The number of nitrogens with zero attached hydrogens (tertiary/aromatic N) is 1. The zero-order valence-electron chi connectivity index (χ0n) is 17.1. The van der Waals surface area contributed by atoms with Crippen molar-refractivity contribution in [2.75, 3.05) is 6.61 Å². The predicted molar refractivity (Wildman–Crippen MR) is 123 cm³/mol. The van der Waals surface area contributed by atoms with Gasteiger partial charge in [0.15, 0.2) is 3.92 Å². The van der Waals surface area contributed by atoms with Gasteiger partial charge in [-0.3, -0.25) is 4.79 Å². The molecule has 0 amide bonds. The molecule has 0 aliphatic carbocycles. The van der Waals surface area contributed by atoms with Gasteiger partial charge in [-0.05, 0) is 85.9 Å². The van der Waals surface area contributed by atoms with Crippen molar-refractivity contribution >= 4 is 55.1 Å². The number of benzene rings is 2. The van der Waals surface area contributed by atoms with E-state index in [1.807, 2.05) is 58.9 Å². The fourth-order valence-corrected chi connectivity index (χ4v) is 4.89. The Bertz CT molecular complexity index is 1070. The van der Waals surface area contributed by atoms with E-state index in [1.165, 1.54) is 11.3 Å². The van der Waals surface area contributed by atoms with Crippen LogP contribution in [-0.2, 0) is 16.0 Å². The number of aromatic nitrogens is 1. The Balaban J connectivity index is 2.31. The molecule has 0 aliphatic rings. The van der Waals surface area contributed by atoms with Crippen LogP contribution in [0.2, 0.25) is 5.02 Å². The Hall–Kier alpha value is -1.63. The average Bonchev–Trinajstić information content (AvgIpc) is 2.95. The van der Waals surface area contributed by atoms with Crippen molar-refractivity contribution in [2.45, 2.75) is 46.6 Å². The zero-order chi connectivity index (χ0) is 21.3. The summed E-state index contributed by atoms with van der Waals surface area (Å²) in [5.41, 5.74) is 4.18. The minimum Gasteiger partial charge on any atom is -0.487 e. The van der Waals surface area contributed by atoms with E-state index in [0.717, 1.165) is 36.4 Å². The van der Waals surface area contributed by atoms with E-state index in [9.17, 15) is 4.79 Å². The normalized spacial score (nSPS) is 11.7. The molecule has 0 aliphatic heterocycles. The number of halogens is 2. The lowest BCUT2D eigenvalue weighted by Gasteiger charge is -2.24. The largest absolute Gasteiger partial charge is 0.487 e. The Kier molecular flexibility index (Phi) is 6.56. The van der Waals surface area contributed by atoms with E-state index in [0.29, 0.717) is 17.4 Å². The van der Waals surface area contributed by atoms with Gasteiger partial charge in [-0.2, -0.15) is 0 Å². The van der Waals surface area contributed by atoms with Gasteiger partial charge in [0.1, 0.15) is 11.4 Å². The van der Waals surface area contributed by atoms with Crippen molar-refractivity contribution in [1.29, 1.82) is 0 Å². The van der Waals surface area contributed by atoms with E-state index in [4.69, 9.17) is 21.1 Å². The first-order valence-corrected chi connectivity index (χ1v) is 11.3. The lowest BCUT2D eigenvalue weighted by atomic mass is 9.92. The van der Waals surface area contributed by atoms with Gasteiger partial charge in [0.05, 0.1) is 23.2 Å². The molecule has 0 spiro atoms. The van der Waals surface area contributed by atoms with Gasteiger partial charge in [0, 0.05) is 16.1 Å². The molecule has 1 heterocycles. The summed E-state index contributed by atoms with van der Waals surface area (Å²) in [4.78, 5) is 17.0. The number of esters is 1. The number of hydrogen-bond donors (Lipinski definition) is 0. The number of ether oxygens (including phenoxy) is 2. The number of hydrogen-bond acceptors (Lipinski definition) is 5. The quantitative estimate of drug-likeness (QED) is 0.358. The Morgan fingerprint density at radius 3 is 2.66 bits per heavy atom. The number of carbonyl (C=O) groups excluding carboxylic acids is 1. The molecule has 0 unspecified atom stereocenters. The highest BCUT2D eigenvalue weighted by Crippen LogP contribution is 2.44. The molecule has 2 aromatic carbocycles. The van der Waals surface area contributed by atoms with Crippen LogP contribution < -0.4 is 4.74 Å². The molecule has 0 bridgehead atoms. The summed E-state index contributed by atoms with van der Waals surface area (Å²) in [6.45, 7) is 10.1. The highest BCUT2D eigenvalue weighted by atomic mass is 79.9. The first-order chi connectivity index (χ1) is 13.6. The van der Waals surface area contributed by atoms with Crippen LogP contribution in [0.3, 0.4) is 0 Å². The third-order valence-electron chi connectivity index (χ3n) is 4.24. The van der Waals surface area contributed by atoms with Crippen molar-refractivity contribution < 1.29 is 14.3 Å². The first-order valence-electron chi connectivity index (χ1n) is 9.32. The van der Waals surface area contributed by atoms with Gasteiger partial charge in [0.2, 0.25) is 0 Å². The van der Waals surface area contributed by atoms with Crippen molar-refractivity contribution in [1.82, 2.24) is 4.98 Å². The maximum absolute atomic E-state index is 12.4. The van der Waals surface area contributed by atoms with Crippen molar-refractivity contribution in [3.63, 3.8) is 0 Å². The highest BCUT2D eigenvalue weighted by Gasteiger charge is 2.23. The Morgan fingerprint density at radius 1 is 1.28 bits per heavy atom. The van der Waals surface area contributed by atoms with Crippen molar-refractivity contribution in [2.24, 2.45) is 0 Å². The van der Waals surface area contributed by atoms with Crippen molar-refractivity contribution in [3.05, 3.63) is 44.3 Å². The fourth-order valence-electron chi connectivity index (χ4n) is 3.19. The maximum Gasteiger partial charge on any atom is 0.310 e. The topological polar surface area (TPSA) is 48.4 Å². The molecule has 7 heteroatoms. The Labute approximate surface area is 188 Å². The average molecular weight is 497 g/mol. The lowest BCUT2D eigenvalue weighted by molar-refractivity contribution is -0.142. The molecule has 0 atom stereocenters. The van der Waals surface area contributed by atoms with Gasteiger partial charge in [-0.1, -0.05) is 11.6 Å². The van der Waals surface area contributed by atoms with Crippen LogP contribution in [0.4, 0.5) is 0 Å². The van der Waals surface area contributed by atoms with Crippen LogP contribution in [0.1, 0.15) is 38.8 Å². The summed E-state index contributed by atoms with van der Waals surface area (Å²) in [6.07, 6.45) is 0.179. The van der Waals surface area contributed by atoms with Crippen LogP contribution in [-0.4, -0.2) is 23.2 Å². The Morgan fingerprint density at radius 2 is 2.00 bits per heavy atom. The summed E-state index contributed by atoms with van der Waals surface area (Å²) >= 11 is 11.3. The van der Waals surface area contributed by atoms with E-state index in [-0.39, 0.29) is 12.4 Å². The van der Waals surface area contributed by atoms with Crippen LogP contribution in [0, 0.1) is 6.92 Å². The molecule has 0 radical (unpaired) electrons. The van der Waals surface area contributed by atoms with Gasteiger partial charge < -0.3 is 9.47 Å². The molecule has 29 heavy (non-hydrogen) atoms. The second-order valence-corrected chi connectivity index (χ2v) is 10.4. The molecular formula is C22H23BrClNO3S. The number of carbonyl (C=O) groups is 1. The molecule has 0 N–H and O–H groups in total. The fraction of sp³-hybridized carbons (Fsp3) is 0.364. The van der Waals surface area contributed by atoms with E-state index < -0.39 is 5.60 Å². The molecule has 3 aromatic rings. The first kappa shape index (κ1) is 22.1. The summed E-state index contributed by atoms with van der Waals surface area (Å²) in [5.74, 6) is 0.415. The molecule has 0 saturated heterocycles. The molecular weight excluding hydrogens is 474 g/mol. The molecule has 1 aromatic heterocycles. The SMILES string of the molecule is CCOC(=O)Cc1c(C)cc2nc(Br)sc2c1-c1ccc(Cl)cc1OC(C)(C)C. The van der Waals surface area contributed by atoms with Gasteiger partial charge in [-0.15, -0.1) is 11.3 Å². The van der Waals surface area contributed by atoms with Crippen LogP contribution in [0.15, 0.2) is 28.2 Å². The highest BCUT2D eigenvalue weighted by molar-refractivity contribution is 9.11. The third-order valence-corrected chi connectivity index (χ3v) is 6.02. The van der Waals surface area contributed by atoms with E-state index in [2.05, 4.69) is 20.9 Å². The van der Waals surface area contributed by atoms with Crippen LogP contribution >= 0.6 is 38.9 Å². The summed E-state index contributed by atoms with van der Waals surface area (Å²) in [5, 5.41) is 0.592. The molecule has 3 rings (SSSR count). The monoisotopic (exact) mass is 495 g/mol. The van der Waals surface area contributed by atoms with Gasteiger partial charge in [-0.25, -0.2) is 4.98 Å². The van der Waals surface area contributed by atoms with E-state index >= 15 is 0 Å². The molecule has 154 valence electrons. The second-order valence-electron chi connectivity index (χ2n) is 7.70. The number of rotatable bonds is 5. The molecule has 0 fully saturated rings. The predicted octanol–water partition coefficient (Wildman–Crippen LogP) is 6.97. The van der Waals surface area contributed by atoms with Crippen LogP contribution in [0.5, 0.6) is 5.75 Å². The number of thiazole rings is 1. The zero-order valence-corrected chi connectivity index (χ0v) is 20.2. The minimum absolute atomic E-state index is 0.179. The lowest BCUT2D eigenvalue weighted by Crippen LogP contribution is -2.23. The summed E-state index contributed by atoms with van der Waals surface area (Å²) in [6, 6.07) is 7.61. The number of fused-ring (bicyclic) bond motifs is 1. The third kappa shape index (κ3) is 5.11. The van der Waals surface area contributed by atoms with Gasteiger partial charge >= 0.3 is 5.97 Å². The minimum atomic E-state index is -0.405. The second kappa shape index (κ2) is 8.62. The van der Waals surface area contributed by atoms with Crippen LogP contribution in [0.25, 0.3) is 21.3 Å².